The van der Waals surface area contributed by atoms with Gasteiger partial charge < -0.3 is 10.6 Å². The van der Waals surface area contributed by atoms with Gasteiger partial charge in [-0.15, -0.1) is 0 Å². The molecule has 0 radical (unpaired) electrons. The van der Waals surface area contributed by atoms with Crippen LogP contribution in [0.15, 0.2) is 67.0 Å². The van der Waals surface area contributed by atoms with Crippen molar-refractivity contribution in [2.75, 3.05) is 10.6 Å². The van der Waals surface area contributed by atoms with Gasteiger partial charge in [-0.3, -0.25) is 9.36 Å². The van der Waals surface area contributed by atoms with Crippen molar-refractivity contribution in [2.45, 2.75) is 13.1 Å². The average Bonchev–Trinajstić information content (AvgIpc) is 3.31. The van der Waals surface area contributed by atoms with E-state index in [1.54, 1.807) is 33.8 Å². The Bertz CT molecular complexity index is 1200. The van der Waals surface area contributed by atoms with Gasteiger partial charge >= 0.3 is 0 Å². The molecule has 2 aromatic carbocycles. The van der Waals surface area contributed by atoms with E-state index < -0.39 is 0 Å². The highest BCUT2D eigenvalue weighted by Gasteiger charge is 2.11. The number of halogens is 3. The van der Waals surface area contributed by atoms with E-state index in [0.717, 1.165) is 11.1 Å². The second kappa shape index (κ2) is 9.47. The first-order valence-electron chi connectivity index (χ1n) is 9.28. The summed E-state index contributed by atoms with van der Waals surface area (Å²) < 4.78 is 16.5. The van der Waals surface area contributed by atoms with Crippen LogP contribution in [0.3, 0.4) is 0 Å². The molecule has 0 saturated heterocycles. The summed E-state index contributed by atoms with van der Waals surface area (Å²) in [6, 6.07) is 15.6. The normalized spacial score (nSPS) is 10.8. The predicted octanol–water partition coefficient (Wildman–Crippen LogP) is 5.43. The molecule has 4 rings (SSSR count). The van der Waals surface area contributed by atoms with Crippen molar-refractivity contribution >= 4 is 52.2 Å². The monoisotopic (exact) mass is 474 g/mol. The van der Waals surface area contributed by atoms with Crippen LogP contribution >= 0.6 is 35.4 Å². The summed E-state index contributed by atoms with van der Waals surface area (Å²) in [6.45, 7) is 0.996. The predicted molar refractivity (Wildman–Crippen MR) is 125 cm³/mol. The maximum atomic E-state index is 13.1. The number of benzene rings is 2. The summed E-state index contributed by atoms with van der Waals surface area (Å²) in [5.74, 6) is 0.707. The van der Waals surface area contributed by atoms with Gasteiger partial charge in [0.2, 0.25) is 0 Å². The Morgan fingerprint density at radius 3 is 2.45 bits per heavy atom. The smallest absolute Gasteiger partial charge is 0.177 e. The SMILES string of the molecule is Fc1ccc(Cn2cc(Cl)c(NC(=S)Nc3ccn(Cc4ccccc4Cl)n3)n2)cc1. The molecule has 0 aliphatic heterocycles. The molecule has 0 saturated carbocycles. The third-order valence-corrected chi connectivity index (χ3v) is 5.23. The fourth-order valence-corrected chi connectivity index (χ4v) is 3.51. The number of hydrogen-bond acceptors (Lipinski definition) is 3. The average molecular weight is 475 g/mol. The summed E-state index contributed by atoms with van der Waals surface area (Å²) in [5.41, 5.74) is 1.87. The Morgan fingerprint density at radius 2 is 1.68 bits per heavy atom. The zero-order chi connectivity index (χ0) is 21.8. The van der Waals surface area contributed by atoms with Crippen molar-refractivity contribution in [3.63, 3.8) is 0 Å². The van der Waals surface area contributed by atoms with Gasteiger partial charge in [0.15, 0.2) is 16.7 Å². The van der Waals surface area contributed by atoms with Gasteiger partial charge in [0.25, 0.3) is 0 Å². The summed E-state index contributed by atoms with van der Waals surface area (Å²) in [5, 5.41) is 16.2. The van der Waals surface area contributed by atoms with E-state index in [0.29, 0.717) is 39.9 Å². The maximum Gasteiger partial charge on any atom is 0.177 e. The molecule has 158 valence electrons. The molecule has 0 spiro atoms. The fraction of sp³-hybridized carbons (Fsp3) is 0.0952. The topological polar surface area (TPSA) is 59.7 Å². The van der Waals surface area contributed by atoms with Crippen molar-refractivity contribution in [1.82, 2.24) is 19.6 Å². The largest absolute Gasteiger partial charge is 0.316 e. The van der Waals surface area contributed by atoms with Crippen LogP contribution in [0.2, 0.25) is 10.0 Å². The molecule has 0 fully saturated rings. The molecule has 2 N–H and O–H groups in total. The third kappa shape index (κ3) is 5.61. The molecule has 6 nitrogen and oxygen atoms in total. The highest BCUT2D eigenvalue weighted by molar-refractivity contribution is 7.80. The van der Waals surface area contributed by atoms with E-state index in [2.05, 4.69) is 20.8 Å². The lowest BCUT2D eigenvalue weighted by molar-refractivity contribution is 0.624. The lowest BCUT2D eigenvalue weighted by Crippen LogP contribution is -2.20. The summed E-state index contributed by atoms with van der Waals surface area (Å²) in [7, 11) is 0. The van der Waals surface area contributed by atoms with Crippen molar-refractivity contribution in [1.29, 1.82) is 0 Å². The first kappa shape index (κ1) is 21.3. The minimum absolute atomic E-state index is 0.282. The molecule has 0 amide bonds. The molecular weight excluding hydrogens is 458 g/mol. The van der Waals surface area contributed by atoms with Crippen molar-refractivity contribution in [2.24, 2.45) is 0 Å². The standard InChI is InChI=1S/C21H17Cl2FN6S/c22-17-4-2-1-3-15(17)12-29-10-9-19(27-29)25-21(31)26-20-18(23)13-30(28-20)11-14-5-7-16(24)8-6-14/h1-10,13H,11-12H2,(H2,25,26,27,28,31). The molecule has 0 atom stereocenters. The minimum atomic E-state index is -0.282. The van der Waals surface area contributed by atoms with Gasteiger partial charge in [-0.05, 0) is 41.5 Å². The molecule has 0 bridgehead atoms. The highest BCUT2D eigenvalue weighted by Crippen LogP contribution is 2.21. The molecule has 0 aliphatic carbocycles. The van der Waals surface area contributed by atoms with E-state index in [-0.39, 0.29) is 5.82 Å². The molecule has 10 heteroatoms. The number of nitrogens with zero attached hydrogens (tertiary/aromatic N) is 4. The molecule has 0 aliphatic rings. The van der Waals surface area contributed by atoms with Gasteiger partial charge in [-0.2, -0.15) is 10.2 Å². The highest BCUT2D eigenvalue weighted by atomic mass is 35.5. The van der Waals surface area contributed by atoms with Crippen LogP contribution < -0.4 is 10.6 Å². The Kier molecular flexibility index (Phi) is 6.50. The number of thiocarbonyl (C=S) groups is 1. The van der Waals surface area contributed by atoms with Crippen molar-refractivity contribution in [3.05, 3.63) is 94.0 Å². The fourth-order valence-electron chi connectivity index (χ4n) is 2.91. The molecule has 31 heavy (non-hydrogen) atoms. The van der Waals surface area contributed by atoms with Crippen molar-refractivity contribution in [3.8, 4) is 0 Å². The number of anilines is 2. The minimum Gasteiger partial charge on any atom is -0.316 e. The van der Waals surface area contributed by atoms with Crippen LogP contribution in [0.1, 0.15) is 11.1 Å². The van der Waals surface area contributed by atoms with Crippen LogP contribution in [-0.4, -0.2) is 24.7 Å². The third-order valence-electron chi connectivity index (χ3n) is 4.38. The molecule has 4 aromatic rings. The zero-order valence-corrected chi connectivity index (χ0v) is 18.4. The first-order valence-corrected chi connectivity index (χ1v) is 10.4. The molecule has 2 heterocycles. The molecular formula is C21H17Cl2FN6S. The van der Waals surface area contributed by atoms with E-state index in [1.165, 1.54) is 12.1 Å². The van der Waals surface area contributed by atoms with E-state index in [1.807, 2.05) is 30.5 Å². The summed E-state index contributed by atoms with van der Waals surface area (Å²) in [6.07, 6.45) is 3.51. The number of hydrogen-bond donors (Lipinski definition) is 2. The number of aromatic nitrogens is 4. The van der Waals surface area contributed by atoms with Gasteiger partial charge in [0.1, 0.15) is 10.8 Å². The second-order valence-corrected chi connectivity index (χ2v) is 7.94. The molecule has 0 unspecified atom stereocenters. The summed E-state index contributed by atoms with van der Waals surface area (Å²) in [4.78, 5) is 0. The summed E-state index contributed by atoms with van der Waals surface area (Å²) >= 11 is 17.8. The quantitative estimate of drug-likeness (QED) is 0.364. The van der Waals surface area contributed by atoms with E-state index in [9.17, 15) is 4.39 Å². The van der Waals surface area contributed by atoms with Crippen LogP contribution in [0.4, 0.5) is 16.0 Å². The second-order valence-electron chi connectivity index (χ2n) is 6.72. The van der Waals surface area contributed by atoms with Gasteiger partial charge in [0.05, 0.1) is 13.1 Å². The van der Waals surface area contributed by atoms with Crippen LogP contribution in [0.5, 0.6) is 0 Å². The van der Waals surface area contributed by atoms with E-state index in [4.69, 9.17) is 35.4 Å². The number of nitrogens with one attached hydrogen (secondary N) is 2. The van der Waals surface area contributed by atoms with Crippen LogP contribution in [0.25, 0.3) is 0 Å². The Hall–Kier alpha value is -2.94. The van der Waals surface area contributed by atoms with E-state index >= 15 is 0 Å². The van der Waals surface area contributed by atoms with Gasteiger partial charge in [-0.1, -0.05) is 53.5 Å². The van der Waals surface area contributed by atoms with Gasteiger partial charge in [0, 0.05) is 23.5 Å². The Morgan fingerprint density at radius 1 is 0.903 bits per heavy atom. The number of rotatable bonds is 6. The molecule has 2 aromatic heterocycles. The van der Waals surface area contributed by atoms with Gasteiger partial charge in [-0.25, -0.2) is 4.39 Å². The van der Waals surface area contributed by atoms with Crippen LogP contribution in [0, 0.1) is 5.82 Å². The van der Waals surface area contributed by atoms with Crippen molar-refractivity contribution < 1.29 is 4.39 Å². The first-order chi connectivity index (χ1) is 15.0. The lowest BCUT2D eigenvalue weighted by Gasteiger charge is -2.07. The Balaban J connectivity index is 1.36. The zero-order valence-electron chi connectivity index (χ0n) is 16.1. The maximum absolute atomic E-state index is 13.1. The Labute approximate surface area is 193 Å². The lowest BCUT2D eigenvalue weighted by atomic mass is 10.2. The van der Waals surface area contributed by atoms with Crippen LogP contribution in [-0.2, 0) is 13.1 Å².